The molecule has 1 aromatic heterocycles. The van der Waals surface area contributed by atoms with E-state index in [1.165, 1.54) is 24.3 Å². The molecule has 176 valence electrons. The third kappa shape index (κ3) is 4.29. The topological polar surface area (TPSA) is 71.5 Å². The molecule has 0 spiro atoms. The van der Waals surface area contributed by atoms with Crippen molar-refractivity contribution in [3.05, 3.63) is 119 Å². The summed E-state index contributed by atoms with van der Waals surface area (Å²) in [7, 11) is 0. The molecule has 3 aromatic carbocycles. The first kappa shape index (κ1) is 22.7. The van der Waals surface area contributed by atoms with Crippen molar-refractivity contribution >= 4 is 5.91 Å². The van der Waals surface area contributed by atoms with Gasteiger partial charge in [0.15, 0.2) is 0 Å². The van der Waals surface area contributed by atoms with Crippen LogP contribution in [0.15, 0.2) is 85.1 Å². The number of nitrogens with one attached hydrogen (secondary N) is 1. The van der Waals surface area contributed by atoms with Crippen molar-refractivity contribution in [1.29, 1.82) is 0 Å². The van der Waals surface area contributed by atoms with Crippen LogP contribution in [0.2, 0.25) is 0 Å². The fraction of sp³-hybridized carbons (Fsp3) is 0.172. The summed E-state index contributed by atoms with van der Waals surface area (Å²) < 4.78 is 19.3. The zero-order valence-corrected chi connectivity index (χ0v) is 19.3. The lowest BCUT2D eigenvalue weighted by atomic mass is 9.80. The third-order valence-electron chi connectivity index (χ3n) is 6.46. The number of amides is 1. The van der Waals surface area contributed by atoms with Gasteiger partial charge in [0.2, 0.25) is 0 Å². The largest absolute Gasteiger partial charge is 0.491 e. The van der Waals surface area contributed by atoms with Crippen molar-refractivity contribution in [2.75, 3.05) is 6.61 Å². The molecule has 1 aliphatic heterocycles. The number of ether oxygens (including phenoxy) is 1. The number of halogens is 1. The molecule has 0 saturated carbocycles. The highest BCUT2D eigenvalue weighted by Gasteiger charge is 2.42. The van der Waals surface area contributed by atoms with Crippen LogP contribution in [0.3, 0.4) is 0 Å². The van der Waals surface area contributed by atoms with Crippen molar-refractivity contribution in [2.45, 2.75) is 25.5 Å². The maximum absolute atomic E-state index is 13.4. The fourth-order valence-electron chi connectivity index (χ4n) is 4.67. The second kappa shape index (κ2) is 9.31. The van der Waals surface area contributed by atoms with E-state index in [9.17, 15) is 14.3 Å². The number of pyridine rings is 1. The Kier molecular flexibility index (Phi) is 6.05. The van der Waals surface area contributed by atoms with Gasteiger partial charge >= 0.3 is 0 Å². The number of rotatable bonds is 5. The molecular weight excluding hydrogens is 443 g/mol. The van der Waals surface area contributed by atoms with Gasteiger partial charge in [-0.2, -0.15) is 0 Å². The van der Waals surface area contributed by atoms with Crippen LogP contribution in [-0.4, -0.2) is 22.6 Å². The van der Waals surface area contributed by atoms with Gasteiger partial charge < -0.3 is 15.2 Å². The minimum absolute atomic E-state index is 0.0505. The summed E-state index contributed by atoms with van der Waals surface area (Å²) in [6.07, 6.45) is 2.16. The molecule has 0 unspecified atom stereocenters. The maximum Gasteiger partial charge on any atom is 0.252 e. The van der Waals surface area contributed by atoms with Gasteiger partial charge in [0.1, 0.15) is 22.8 Å². The van der Waals surface area contributed by atoms with Crippen molar-refractivity contribution in [2.24, 2.45) is 0 Å². The number of aliphatic hydroxyl groups is 1. The first-order valence-electron chi connectivity index (χ1n) is 11.5. The van der Waals surface area contributed by atoms with E-state index in [2.05, 4.69) is 10.3 Å². The van der Waals surface area contributed by atoms with Crippen LogP contribution in [0.5, 0.6) is 5.75 Å². The Balaban J connectivity index is 1.58. The molecule has 1 amide bonds. The Morgan fingerprint density at radius 2 is 1.86 bits per heavy atom. The second-order valence-corrected chi connectivity index (χ2v) is 8.71. The molecule has 0 saturated heterocycles. The highest BCUT2D eigenvalue weighted by molar-refractivity contribution is 5.95. The monoisotopic (exact) mass is 468 g/mol. The van der Waals surface area contributed by atoms with Gasteiger partial charge in [-0.1, -0.05) is 48.0 Å². The number of nitrogens with zero attached hydrogens (tertiary/aromatic N) is 1. The number of benzene rings is 3. The number of carbonyl (C=O) groups is 1. The molecule has 4 aromatic rings. The highest BCUT2D eigenvalue weighted by Crippen LogP contribution is 2.41. The zero-order chi connectivity index (χ0) is 24.4. The van der Waals surface area contributed by atoms with Gasteiger partial charge in [0, 0.05) is 18.2 Å². The molecule has 5 rings (SSSR count). The van der Waals surface area contributed by atoms with E-state index in [4.69, 9.17) is 4.74 Å². The van der Waals surface area contributed by atoms with Gasteiger partial charge in [-0.05, 0) is 65.6 Å². The average Bonchev–Trinajstić information content (AvgIpc) is 2.89. The van der Waals surface area contributed by atoms with Crippen LogP contribution >= 0.6 is 0 Å². The summed E-state index contributed by atoms with van der Waals surface area (Å²) >= 11 is 0. The number of hydrogen-bond donors (Lipinski definition) is 2. The molecule has 1 atom stereocenters. The lowest BCUT2D eigenvalue weighted by molar-refractivity contribution is 0.0883. The van der Waals surface area contributed by atoms with Crippen LogP contribution in [0.4, 0.5) is 4.39 Å². The summed E-state index contributed by atoms with van der Waals surface area (Å²) in [5, 5.41) is 13.0. The standard InChI is InChI=1S/C29H25FN2O3/c1-19-4-13-25(22(17-19)18-33)20-5-9-23(10-6-20)29(14-16-35-26-3-2-15-31-27(26)29)32-28(34)21-7-11-24(30)12-8-21/h2-13,15,17,33H,14,16,18H2,1H3,(H,32,34)/t29-/m0/s1. The van der Waals surface area contributed by atoms with Crippen molar-refractivity contribution in [3.8, 4) is 16.9 Å². The van der Waals surface area contributed by atoms with Gasteiger partial charge in [-0.15, -0.1) is 0 Å². The van der Waals surface area contributed by atoms with E-state index in [1.807, 2.05) is 55.5 Å². The summed E-state index contributed by atoms with van der Waals surface area (Å²) in [6, 6.07) is 23.1. The van der Waals surface area contributed by atoms with E-state index < -0.39 is 11.4 Å². The van der Waals surface area contributed by atoms with Crippen molar-refractivity contribution in [3.63, 3.8) is 0 Å². The Morgan fingerprint density at radius 1 is 1.09 bits per heavy atom. The number of aromatic nitrogens is 1. The lowest BCUT2D eigenvalue weighted by Gasteiger charge is -2.39. The lowest BCUT2D eigenvalue weighted by Crippen LogP contribution is -2.50. The van der Waals surface area contributed by atoms with Crippen molar-refractivity contribution in [1.82, 2.24) is 10.3 Å². The van der Waals surface area contributed by atoms with Crippen LogP contribution in [-0.2, 0) is 12.1 Å². The van der Waals surface area contributed by atoms with E-state index in [0.717, 1.165) is 27.8 Å². The normalized spacial score (nSPS) is 16.8. The Hall–Kier alpha value is -4.03. The first-order valence-corrected chi connectivity index (χ1v) is 11.5. The van der Waals surface area contributed by atoms with Crippen LogP contribution in [0, 0.1) is 12.7 Å². The van der Waals surface area contributed by atoms with E-state index in [-0.39, 0.29) is 12.5 Å². The van der Waals surface area contributed by atoms with Crippen LogP contribution in [0.25, 0.3) is 11.1 Å². The Labute approximate surface area is 203 Å². The predicted molar refractivity (Wildman–Crippen MR) is 132 cm³/mol. The maximum atomic E-state index is 13.4. The second-order valence-electron chi connectivity index (χ2n) is 8.71. The number of carbonyl (C=O) groups excluding carboxylic acids is 1. The minimum Gasteiger partial charge on any atom is -0.491 e. The fourth-order valence-corrected chi connectivity index (χ4v) is 4.67. The highest BCUT2D eigenvalue weighted by atomic mass is 19.1. The smallest absolute Gasteiger partial charge is 0.252 e. The Bertz CT molecular complexity index is 1370. The molecule has 35 heavy (non-hydrogen) atoms. The summed E-state index contributed by atoms with van der Waals surface area (Å²) in [4.78, 5) is 17.9. The summed E-state index contributed by atoms with van der Waals surface area (Å²) in [5.41, 5.74) is 4.78. The molecule has 2 heterocycles. The van der Waals surface area contributed by atoms with Crippen molar-refractivity contribution < 1.29 is 19.0 Å². The van der Waals surface area contributed by atoms with E-state index in [1.54, 1.807) is 12.3 Å². The average molecular weight is 469 g/mol. The summed E-state index contributed by atoms with van der Waals surface area (Å²) in [5.74, 6) is -0.111. The van der Waals surface area contributed by atoms with Crippen LogP contribution < -0.4 is 10.1 Å². The van der Waals surface area contributed by atoms with Gasteiger partial charge in [0.25, 0.3) is 5.91 Å². The van der Waals surface area contributed by atoms with E-state index in [0.29, 0.717) is 30.0 Å². The van der Waals surface area contributed by atoms with Gasteiger partial charge in [-0.25, -0.2) is 4.39 Å². The molecule has 0 aliphatic carbocycles. The Morgan fingerprint density at radius 3 is 2.60 bits per heavy atom. The van der Waals surface area contributed by atoms with Gasteiger partial charge in [0.05, 0.1) is 13.2 Å². The predicted octanol–water partition coefficient (Wildman–Crippen LogP) is 5.14. The number of hydrogen-bond acceptors (Lipinski definition) is 4. The van der Waals surface area contributed by atoms with Gasteiger partial charge in [-0.3, -0.25) is 9.78 Å². The number of aliphatic hydroxyl groups excluding tert-OH is 1. The molecule has 0 bridgehead atoms. The minimum atomic E-state index is -0.925. The molecule has 1 aliphatic rings. The SMILES string of the molecule is Cc1ccc(-c2ccc([C@@]3(NC(=O)c4ccc(F)cc4)CCOc4cccnc43)cc2)c(CO)c1. The molecule has 2 N–H and O–H groups in total. The molecule has 0 fully saturated rings. The summed E-state index contributed by atoms with van der Waals surface area (Å²) in [6.45, 7) is 2.34. The quantitative estimate of drug-likeness (QED) is 0.425. The van der Waals surface area contributed by atoms with E-state index >= 15 is 0 Å². The molecule has 0 radical (unpaired) electrons. The van der Waals surface area contributed by atoms with Crippen LogP contribution in [0.1, 0.15) is 39.2 Å². The first-order chi connectivity index (χ1) is 17.0. The molecule has 6 heteroatoms. The zero-order valence-electron chi connectivity index (χ0n) is 19.3. The third-order valence-corrected chi connectivity index (χ3v) is 6.46. The molecular formula is C29H25FN2O3. The molecule has 5 nitrogen and oxygen atoms in total. The number of aryl methyl sites for hydroxylation is 1. The number of fused-ring (bicyclic) bond motifs is 1.